The summed E-state index contributed by atoms with van der Waals surface area (Å²) >= 11 is 0. The average Bonchev–Trinajstić information content (AvgIpc) is 2.96. The van der Waals surface area contributed by atoms with Crippen molar-refractivity contribution in [2.24, 2.45) is 0 Å². The minimum Gasteiger partial charge on any atom is -0.423 e. The number of aliphatic hydroxyl groups excluding tert-OH is 2. The average molecular weight is 545 g/mol. The lowest BCUT2D eigenvalue weighted by atomic mass is 10.0. The van der Waals surface area contributed by atoms with Crippen molar-refractivity contribution in [2.45, 2.75) is 32.6 Å². The fraction of sp³-hybridized carbons (Fsp3) is 0.219. The molecule has 0 bridgehead atoms. The third-order valence-electron chi connectivity index (χ3n) is 5.92. The highest BCUT2D eigenvalue weighted by Crippen LogP contribution is 2.30. The quantitative estimate of drug-likeness (QED) is 0.130. The Kier molecular flexibility index (Phi) is 10.9. The largest absolute Gasteiger partial charge is 0.423 e. The Balaban J connectivity index is 1.76. The van der Waals surface area contributed by atoms with Gasteiger partial charge in [-0.1, -0.05) is 69.3 Å². The van der Waals surface area contributed by atoms with Crippen LogP contribution in [0.1, 0.15) is 42.1 Å². The van der Waals surface area contributed by atoms with Gasteiger partial charge in [-0.25, -0.2) is 14.4 Å². The lowest BCUT2D eigenvalue weighted by molar-refractivity contribution is -0.131. The van der Waals surface area contributed by atoms with Crippen molar-refractivity contribution < 1.29 is 38.8 Å². The second kappa shape index (κ2) is 14.6. The van der Waals surface area contributed by atoms with E-state index >= 15 is 0 Å². The van der Waals surface area contributed by atoms with Crippen LogP contribution in [0.4, 0.5) is 0 Å². The van der Waals surface area contributed by atoms with Gasteiger partial charge in [0.2, 0.25) is 0 Å². The van der Waals surface area contributed by atoms with Gasteiger partial charge in [0.05, 0.1) is 29.9 Å². The van der Waals surface area contributed by atoms with E-state index in [4.69, 9.17) is 24.4 Å². The van der Waals surface area contributed by atoms with Crippen LogP contribution in [-0.4, -0.2) is 41.3 Å². The first-order valence-corrected chi connectivity index (χ1v) is 12.8. The molecule has 0 heterocycles. The predicted molar refractivity (Wildman–Crippen MR) is 150 cm³/mol. The van der Waals surface area contributed by atoms with E-state index in [1.54, 1.807) is 12.1 Å². The highest BCUT2D eigenvalue weighted by atomic mass is 16.6. The van der Waals surface area contributed by atoms with Crippen molar-refractivity contribution in [3.8, 4) is 28.4 Å². The topological polar surface area (TPSA) is 119 Å². The molecule has 8 nitrogen and oxygen atoms in total. The Labute approximate surface area is 233 Å². The summed E-state index contributed by atoms with van der Waals surface area (Å²) in [5, 5.41) is 18.2. The molecule has 0 aliphatic carbocycles. The van der Waals surface area contributed by atoms with Crippen LogP contribution in [0.2, 0.25) is 0 Å². The summed E-state index contributed by atoms with van der Waals surface area (Å²) in [4.78, 5) is 37.0. The summed E-state index contributed by atoms with van der Waals surface area (Å²) in [6.45, 7) is 7.74. The zero-order valence-corrected chi connectivity index (χ0v) is 22.4. The maximum atomic E-state index is 12.9. The SMILES string of the molecule is C=C(CO)C(=O)Oc1cc(OC(=O)C(=C)CO)cc(OC(=O)c2ccc(-c3ccc(CCCCC)cc3)cc2)c1. The van der Waals surface area contributed by atoms with Crippen LogP contribution in [0.15, 0.2) is 91.0 Å². The van der Waals surface area contributed by atoms with Gasteiger partial charge in [0.15, 0.2) is 0 Å². The fourth-order valence-corrected chi connectivity index (χ4v) is 3.62. The van der Waals surface area contributed by atoms with E-state index in [-0.39, 0.29) is 34.0 Å². The summed E-state index contributed by atoms with van der Waals surface area (Å²) in [6, 6.07) is 18.9. The highest BCUT2D eigenvalue weighted by molar-refractivity contribution is 5.93. The lowest BCUT2D eigenvalue weighted by Crippen LogP contribution is -2.15. The second-order valence-corrected chi connectivity index (χ2v) is 9.06. The van der Waals surface area contributed by atoms with Gasteiger partial charge < -0.3 is 24.4 Å². The molecule has 0 saturated carbocycles. The molecule has 0 amide bonds. The van der Waals surface area contributed by atoms with Gasteiger partial charge in [0.25, 0.3) is 0 Å². The van der Waals surface area contributed by atoms with Gasteiger partial charge >= 0.3 is 17.9 Å². The van der Waals surface area contributed by atoms with E-state index in [1.165, 1.54) is 36.6 Å². The molecule has 2 N–H and O–H groups in total. The molecular formula is C32H32O8. The lowest BCUT2D eigenvalue weighted by Gasteiger charge is -2.12. The Bertz CT molecular complexity index is 1320. The third-order valence-corrected chi connectivity index (χ3v) is 5.92. The van der Waals surface area contributed by atoms with Crippen LogP contribution >= 0.6 is 0 Å². The van der Waals surface area contributed by atoms with Gasteiger partial charge in [0, 0.05) is 18.2 Å². The molecule has 0 aliphatic heterocycles. The third kappa shape index (κ3) is 8.49. The van der Waals surface area contributed by atoms with Crippen LogP contribution < -0.4 is 14.2 Å². The Morgan fingerprint density at radius 2 is 1.12 bits per heavy atom. The van der Waals surface area contributed by atoms with Crippen molar-refractivity contribution in [2.75, 3.05) is 13.2 Å². The van der Waals surface area contributed by atoms with E-state index in [0.717, 1.165) is 24.0 Å². The maximum absolute atomic E-state index is 12.9. The van der Waals surface area contributed by atoms with Crippen molar-refractivity contribution in [3.05, 3.63) is 102 Å². The number of unbranched alkanes of at least 4 members (excludes halogenated alkanes) is 2. The minimum absolute atomic E-state index is 0.0786. The molecule has 0 aromatic heterocycles. The molecule has 0 atom stereocenters. The summed E-state index contributed by atoms with van der Waals surface area (Å²) in [7, 11) is 0. The Morgan fingerprint density at radius 3 is 1.57 bits per heavy atom. The molecule has 0 aliphatic rings. The first-order valence-electron chi connectivity index (χ1n) is 12.8. The molecule has 3 aromatic carbocycles. The second-order valence-electron chi connectivity index (χ2n) is 9.06. The summed E-state index contributed by atoms with van der Waals surface area (Å²) in [6.07, 6.45) is 4.60. The number of hydrogen-bond donors (Lipinski definition) is 2. The number of carbonyl (C=O) groups is 3. The van der Waals surface area contributed by atoms with Gasteiger partial charge in [-0.3, -0.25) is 0 Å². The smallest absolute Gasteiger partial charge is 0.343 e. The van der Waals surface area contributed by atoms with Gasteiger partial charge in [-0.05, 0) is 41.7 Å². The van der Waals surface area contributed by atoms with Gasteiger partial charge in [-0.15, -0.1) is 0 Å². The van der Waals surface area contributed by atoms with E-state index < -0.39 is 31.1 Å². The van der Waals surface area contributed by atoms with Crippen LogP contribution in [0.3, 0.4) is 0 Å². The number of aryl methyl sites for hydroxylation is 1. The molecule has 0 radical (unpaired) electrons. The zero-order chi connectivity index (χ0) is 29.1. The maximum Gasteiger partial charge on any atom is 0.343 e. The summed E-state index contributed by atoms with van der Waals surface area (Å²) in [5.41, 5.74) is 3.10. The standard InChI is InChI=1S/C32H32O8/c1-4-5-6-7-23-8-10-24(11-9-23)25-12-14-26(15-13-25)32(37)40-29-17-27(38-30(35)21(2)19-33)16-28(18-29)39-31(36)22(3)20-34/h8-18,33-34H,2-7,19-20H2,1H3. The van der Waals surface area contributed by atoms with Crippen molar-refractivity contribution in [1.82, 2.24) is 0 Å². The van der Waals surface area contributed by atoms with E-state index in [2.05, 4.69) is 44.3 Å². The van der Waals surface area contributed by atoms with Crippen molar-refractivity contribution in [1.29, 1.82) is 0 Å². The van der Waals surface area contributed by atoms with Gasteiger partial charge in [-0.2, -0.15) is 0 Å². The normalized spacial score (nSPS) is 10.5. The van der Waals surface area contributed by atoms with E-state index in [1.807, 2.05) is 12.1 Å². The first kappa shape index (κ1) is 30.0. The first-order chi connectivity index (χ1) is 19.2. The highest BCUT2D eigenvalue weighted by Gasteiger charge is 2.17. The predicted octanol–water partition coefficient (Wildman–Crippen LogP) is 5.21. The molecule has 208 valence electrons. The number of esters is 3. The van der Waals surface area contributed by atoms with Gasteiger partial charge in [0.1, 0.15) is 17.2 Å². The number of aliphatic hydroxyl groups is 2. The number of ether oxygens (including phenoxy) is 3. The molecule has 40 heavy (non-hydrogen) atoms. The zero-order valence-electron chi connectivity index (χ0n) is 22.4. The van der Waals surface area contributed by atoms with Crippen molar-refractivity contribution in [3.63, 3.8) is 0 Å². The number of carbonyl (C=O) groups excluding carboxylic acids is 3. The monoisotopic (exact) mass is 544 g/mol. The number of rotatable bonds is 13. The van der Waals surface area contributed by atoms with Crippen LogP contribution in [0.25, 0.3) is 11.1 Å². The molecule has 3 aromatic rings. The van der Waals surface area contributed by atoms with Crippen molar-refractivity contribution >= 4 is 17.9 Å². The molecule has 0 spiro atoms. The van der Waals surface area contributed by atoms with E-state index in [0.29, 0.717) is 0 Å². The summed E-state index contributed by atoms with van der Waals surface area (Å²) < 4.78 is 15.8. The molecule has 3 rings (SSSR count). The van der Waals surface area contributed by atoms with Crippen LogP contribution in [0, 0.1) is 0 Å². The molecule has 8 heteroatoms. The van der Waals surface area contributed by atoms with Crippen LogP contribution in [-0.2, 0) is 16.0 Å². The number of benzene rings is 3. The Morgan fingerprint density at radius 1 is 0.675 bits per heavy atom. The number of hydrogen-bond acceptors (Lipinski definition) is 8. The summed E-state index contributed by atoms with van der Waals surface area (Å²) in [5.74, 6) is -2.88. The molecule has 0 unspecified atom stereocenters. The molecule has 0 fully saturated rings. The molecule has 0 saturated heterocycles. The Hall–Kier alpha value is -4.53. The van der Waals surface area contributed by atoms with E-state index in [9.17, 15) is 14.4 Å². The molecular weight excluding hydrogens is 512 g/mol. The minimum atomic E-state index is -0.924. The van der Waals surface area contributed by atoms with Crippen LogP contribution in [0.5, 0.6) is 17.2 Å². The fourth-order valence-electron chi connectivity index (χ4n) is 3.62.